The molecular formula is C22H19NOS. The molecule has 0 amide bonds. The smallest absolute Gasteiger partial charge is 0.126 e. The molecule has 0 spiro atoms. The van der Waals surface area contributed by atoms with Crippen LogP contribution in [0.25, 0.3) is 0 Å². The summed E-state index contributed by atoms with van der Waals surface area (Å²) in [6, 6.07) is 29.9. The zero-order valence-corrected chi connectivity index (χ0v) is 14.8. The molecular weight excluding hydrogens is 326 g/mol. The molecule has 0 saturated heterocycles. The summed E-state index contributed by atoms with van der Waals surface area (Å²) in [5.74, 6) is 0.811. The maximum atomic E-state index is 5.77. The van der Waals surface area contributed by atoms with Crippen molar-refractivity contribution in [1.82, 2.24) is 0 Å². The van der Waals surface area contributed by atoms with Gasteiger partial charge in [-0.2, -0.15) is 0 Å². The Kier molecular flexibility index (Phi) is 6.07. The Hall–Kier alpha value is -2.78. The number of hydrogen-bond donors (Lipinski definition) is 0. The van der Waals surface area contributed by atoms with E-state index in [0.717, 1.165) is 26.9 Å². The van der Waals surface area contributed by atoms with Crippen LogP contribution in [0.15, 0.2) is 113 Å². The van der Waals surface area contributed by atoms with Gasteiger partial charge in [0, 0.05) is 10.5 Å². The quantitative estimate of drug-likeness (QED) is 0.228. The van der Waals surface area contributed by atoms with Crippen LogP contribution in [0.3, 0.4) is 0 Å². The first-order valence-electron chi connectivity index (χ1n) is 8.07. The molecule has 3 rings (SSSR count). The number of benzene rings is 3. The second-order valence-corrected chi connectivity index (χ2v) is 6.46. The summed E-state index contributed by atoms with van der Waals surface area (Å²) in [4.78, 5) is 5.94. The molecule has 25 heavy (non-hydrogen) atoms. The van der Waals surface area contributed by atoms with Gasteiger partial charge in [0.05, 0.1) is 11.9 Å². The van der Waals surface area contributed by atoms with Crippen LogP contribution in [0.5, 0.6) is 5.75 Å². The standard InChI is InChI=1S/C22H19NOS/c1-18(17-24-20-13-7-3-8-14-20)22(23-19-11-5-2-6-12-19)25-21-15-9-4-10-16-21/h2-17H,1H3/b18-17+,23-22?. The van der Waals surface area contributed by atoms with E-state index in [1.165, 1.54) is 0 Å². The van der Waals surface area contributed by atoms with Crippen LogP contribution in [-0.2, 0) is 0 Å². The minimum absolute atomic E-state index is 0.811. The van der Waals surface area contributed by atoms with E-state index >= 15 is 0 Å². The highest BCUT2D eigenvalue weighted by atomic mass is 32.2. The molecule has 0 aromatic heterocycles. The van der Waals surface area contributed by atoms with Crippen molar-refractivity contribution in [2.24, 2.45) is 4.99 Å². The Morgan fingerprint density at radius 1 is 0.800 bits per heavy atom. The molecule has 0 N–H and O–H groups in total. The third-order valence-corrected chi connectivity index (χ3v) is 4.51. The lowest BCUT2D eigenvalue weighted by Crippen LogP contribution is -1.97. The molecule has 0 aliphatic carbocycles. The molecule has 0 radical (unpaired) electrons. The Balaban J connectivity index is 1.86. The van der Waals surface area contributed by atoms with Crippen LogP contribution in [0.4, 0.5) is 5.69 Å². The molecule has 0 fully saturated rings. The highest BCUT2D eigenvalue weighted by molar-refractivity contribution is 8.14. The van der Waals surface area contributed by atoms with Crippen LogP contribution in [0, 0.1) is 0 Å². The lowest BCUT2D eigenvalue weighted by molar-refractivity contribution is 0.478. The fourth-order valence-electron chi connectivity index (χ4n) is 2.12. The van der Waals surface area contributed by atoms with E-state index in [2.05, 4.69) is 12.1 Å². The van der Waals surface area contributed by atoms with E-state index in [1.54, 1.807) is 18.0 Å². The average Bonchev–Trinajstić information content (AvgIpc) is 2.68. The fourth-order valence-corrected chi connectivity index (χ4v) is 2.99. The number of rotatable bonds is 5. The molecule has 0 unspecified atom stereocenters. The van der Waals surface area contributed by atoms with Crippen LogP contribution < -0.4 is 4.74 Å². The number of nitrogens with zero attached hydrogens (tertiary/aromatic N) is 1. The Labute approximate surface area is 152 Å². The van der Waals surface area contributed by atoms with Gasteiger partial charge in [0.15, 0.2) is 0 Å². The van der Waals surface area contributed by atoms with Gasteiger partial charge in [-0.05, 0) is 43.3 Å². The van der Waals surface area contributed by atoms with Crippen molar-refractivity contribution in [2.75, 3.05) is 0 Å². The summed E-state index contributed by atoms with van der Waals surface area (Å²) >= 11 is 1.63. The van der Waals surface area contributed by atoms with Gasteiger partial charge in [0.1, 0.15) is 10.8 Å². The summed E-state index contributed by atoms with van der Waals surface area (Å²) in [5.41, 5.74) is 1.90. The Morgan fingerprint density at radius 3 is 2.00 bits per heavy atom. The Bertz CT molecular complexity index is 843. The predicted octanol–water partition coefficient (Wildman–Crippen LogP) is 6.49. The van der Waals surface area contributed by atoms with Crippen molar-refractivity contribution in [3.05, 3.63) is 103 Å². The molecule has 0 heterocycles. The topological polar surface area (TPSA) is 21.6 Å². The van der Waals surface area contributed by atoms with Crippen LogP contribution in [-0.4, -0.2) is 5.04 Å². The van der Waals surface area contributed by atoms with Crippen LogP contribution in [0.1, 0.15) is 6.92 Å². The van der Waals surface area contributed by atoms with E-state index < -0.39 is 0 Å². The van der Waals surface area contributed by atoms with E-state index in [4.69, 9.17) is 9.73 Å². The van der Waals surface area contributed by atoms with Gasteiger partial charge in [-0.1, -0.05) is 66.4 Å². The number of aliphatic imine (C=N–C) groups is 1. The molecule has 0 aliphatic rings. The number of thioether (sulfide) groups is 1. The van der Waals surface area contributed by atoms with Crippen molar-refractivity contribution in [3.8, 4) is 5.75 Å². The van der Waals surface area contributed by atoms with E-state index in [0.29, 0.717) is 0 Å². The first-order chi connectivity index (χ1) is 12.3. The maximum absolute atomic E-state index is 5.77. The first kappa shape index (κ1) is 17.1. The average molecular weight is 345 g/mol. The van der Waals surface area contributed by atoms with Gasteiger partial charge >= 0.3 is 0 Å². The molecule has 3 aromatic rings. The second kappa shape index (κ2) is 8.90. The molecule has 0 aliphatic heterocycles. The van der Waals surface area contributed by atoms with Crippen molar-refractivity contribution >= 4 is 22.5 Å². The minimum atomic E-state index is 0.811. The molecule has 124 valence electrons. The highest BCUT2D eigenvalue weighted by Gasteiger charge is 2.07. The van der Waals surface area contributed by atoms with E-state index in [1.807, 2.05) is 85.8 Å². The lowest BCUT2D eigenvalue weighted by atomic mass is 10.3. The largest absolute Gasteiger partial charge is 0.465 e. The Morgan fingerprint density at radius 2 is 1.36 bits per heavy atom. The van der Waals surface area contributed by atoms with E-state index in [9.17, 15) is 0 Å². The predicted molar refractivity (Wildman–Crippen MR) is 107 cm³/mol. The minimum Gasteiger partial charge on any atom is -0.465 e. The summed E-state index contributed by atoms with van der Waals surface area (Å²) in [6.45, 7) is 2.01. The summed E-state index contributed by atoms with van der Waals surface area (Å²) in [7, 11) is 0. The molecule has 0 saturated carbocycles. The van der Waals surface area contributed by atoms with Crippen molar-refractivity contribution in [2.45, 2.75) is 11.8 Å². The third-order valence-electron chi connectivity index (χ3n) is 3.40. The maximum Gasteiger partial charge on any atom is 0.126 e. The zero-order valence-electron chi connectivity index (χ0n) is 14.0. The zero-order chi connectivity index (χ0) is 17.3. The van der Waals surface area contributed by atoms with Crippen molar-refractivity contribution in [1.29, 1.82) is 0 Å². The van der Waals surface area contributed by atoms with Crippen molar-refractivity contribution in [3.63, 3.8) is 0 Å². The molecule has 0 bridgehead atoms. The fraction of sp³-hybridized carbons (Fsp3) is 0.0455. The van der Waals surface area contributed by atoms with Crippen LogP contribution >= 0.6 is 11.8 Å². The number of para-hydroxylation sites is 2. The van der Waals surface area contributed by atoms with Gasteiger partial charge in [-0.3, -0.25) is 0 Å². The highest BCUT2D eigenvalue weighted by Crippen LogP contribution is 2.26. The SMILES string of the molecule is C/C(=C\Oc1ccccc1)C(=Nc1ccccc1)Sc1ccccc1. The number of hydrogen-bond acceptors (Lipinski definition) is 3. The molecule has 3 heteroatoms. The number of ether oxygens (including phenoxy) is 1. The third kappa shape index (κ3) is 5.37. The van der Waals surface area contributed by atoms with Gasteiger partial charge in [-0.15, -0.1) is 0 Å². The van der Waals surface area contributed by atoms with Gasteiger partial charge < -0.3 is 4.74 Å². The van der Waals surface area contributed by atoms with Gasteiger partial charge in [0.2, 0.25) is 0 Å². The summed E-state index contributed by atoms with van der Waals surface area (Å²) in [5, 5.41) is 0.910. The second-order valence-electron chi connectivity index (χ2n) is 5.40. The van der Waals surface area contributed by atoms with E-state index in [-0.39, 0.29) is 0 Å². The molecule has 0 atom stereocenters. The van der Waals surface area contributed by atoms with Gasteiger partial charge in [0.25, 0.3) is 0 Å². The van der Waals surface area contributed by atoms with Crippen LogP contribution in [0.2, 0.25) is 0 Å². The lowest BCUT2D eigenvalue weighted by Gasteiger charge is -2.08. The normalized spacial score (nSPS) is 12.0. The van der Waals surface area contributed by atoms with Gasteiger partial charge in [-0.25, -0.2) is 4.99 Å². The monoisotopic (exact) mass is 345 g/mol. The molecule has 2 nitrogen and oxygen atoms in total. The summed E-state index contributed by atoms with van der Waals surface area (Å²) < 4.78 is 5.77. The van der Waals surface area contributed by atoms with Crippen molar-refractivity contribution < 1.29 is 4.74 Å². The summed E-state index contributed by atoms with van der Waals surface area (Å²) in [6.07, 6.45) is 1.76. The molecule has 3 aromatic carbocycles. The first-order valence-corrected chi connectivity index (χ1v) is 8.88.